The van der Waals surface area contributed by atoms with Crippen LogP contribution in [0.1, 0.15) is 18.4 Å². The van der Waals surface area contributed by atoms with Crippen LogP contribution < -0.4 is 4.90 Å². The van der Waals surface area contributed by atoms with Crippen molar-refractivity contribution in [2.24, 2.45) is 0 Å². The van der Waals surface area contributed by atoms with E-state index in [0.29, 0.717) is 51.5 Å². The van der Waals surface area contributed by atoms with E-state index in [9.17, 15) is 9.59 Å². The Bertz CT molecular complexity index is 791. The summed E-state index contributed by atoms with van der Waals surface area (Å²) in [6.45, 7) is 3.15. The molecule has 0 spiro atoms. The van der Waals surface area contributed by atoms with Gasteiger partial charge in [0.1, 0.15) is 6.04 Å². The van der Waals surface area contributed by atoms with Crippen LogP contribution in [0.5, 0.6) is 0 Å². The number of anilines is 1. The third-order valence-corrected chi connectivity index (χ3v) is 5.24. The molecule has 1 unspecified atom stereocenters. The summed E-state index contributed by atoms with van der Waals surface area (Å²) < 4.78 is 0. The zero-order valence-electron chi connectivity index (χ0n) is 15.2. The summed E-state index contributed by atoms with van der Waals surface area (Å²) in [7, 11) is 0. The van der Waals surface area contributed by atoms with Crippen molar-refractivity contribution in [2.45, 2.75) is 25.4 Å². The lowest BCUT2D eigenvalue weighted by Crippen LogP contribution is -2.54. The first-order valence-corrected chi connectivity index (χ1v) is 9.36. The van der Waals surface area contributed by atoms with E-state index in [-0.39, 0.29) is 17.9 Å². The molecule has 140 valence electrons. The van der Waals surface area contributed by atoms with Crippen molar-refractivity contribution in [1.29, 1.82) is 0 Å². The van der Waals surface area contributed by atoms with Gasteiger partial charge in [0, 0.05) is 51.5 Å². The number of carbonyl (C=O) groups is 2. The van der Waals surface area contributed by atoms with Gasteiger partial charge < -0.3 is 14.7 Å². The first kappa shape index (κ1) is 17.5. The van der Waals surface area contributed by atoms with E-state index in [2.05, 4.69) is 14.9 Å². The average molecular weight is 365 g/mol. The SMILES string of the molecule is O=C(C1CCC(=O)N1Cc1ccccc1)N1CCN(c2ncccn2)CC1. The molecule has 7 heteroatoms. The maximum absolute atomic E-state index is 13.1. The Morgan fingerprint density at radius 3 is 2.41 bits per heavy atom. The van der Waals surface area contributed by atoms with Crippen molar-refractivity contribution in [2.75, 3.05) is 31.1 Å². The van der Waals surface area contributed by atoms with Gasteiger partial charge >= 0.3 is 0 Å². The normalized spacial score (nSPS) is 20.2. The molecule has 2 saturated heterocycles. The third-order valence-electron chi connectivity index (χ3n) is 5.24. The summed E-state index contributed by atoms with van der Waals surface area (Å²) in [5.74, 6) is 0.824. The molecule has 4 rings (SSSR count). The van der Waals surface area contributed by atoms with Crippen molar-refractivity contribution < 1.29 is 9.59 Å². The number of hydrogen-bond acceptors (Lipinski definition) is 5. The number of amides is 2. The molecule has 0 saturated carbocycles. The number of rotatable bonds is 4. The summed E-state index contributed by atoms with van der Waals surface area (Å²) in [4.78, 5) is 39.7. The summed E-state index contributed by atoms with van der Waals surface area (Å²) in [6, 6.07) is 11.3. The maximum atomic E-state index is 13.1. The highest BCUT2D eigenvalue weighted by Gasteiger charge is 2.38. The number of carbonyl (C=O) groups excluding carboxylic acids is 2. The van der Waals surface area contributed by atoms with Gasteiger partial charge in [-0.1, -0.05) is 30.3 Å². The number of likely N-dealkylation sites (tertiary alicyclic amines) is 1. The molecule has 1 atom stereocenters. The Labute approximate surface area is 158 Å². The van der Waals surface area contributed by atoms with Gasteiger partial charge in [0.2, 0.25) is 17.8 Å². The van der Waals surface area contributed by atoms with Crippen molar-refractivity contribution in [1.82, 2.24) is 19.8 Å². The van der Waals surface area contributed by atoms with Gasteiger partial charge in [-0.25, -0.2) is 9.97 Å². The maximum Gasteiger partial charge on any atom is 0.245 e. The van der Waals surface area contributed by atoms with Gasteiger partial charge in [-0.3, -0.25) is 9.59 Å². The predicted octanol–water partition coefficient (Wildman–Crippen LogP) is 1.32. The fourth-order valence-corrected chi connectivity index (χ4v) is 3.76. The second kappa shape index (κ2) is 7.73. The van der Waals surface area contributed by atoms with E-state index in [1.165, 1.54) is 0 Å². The number of benzene rings is 1. The van der Waals surface area contributed by atoms with Crippen molar-refractivity contribution >= 4 is 17.8 Å². The van der Waals surface area contributed by atoms with Gasteiger partial charge in [0.05, 0.1) is 0 Å². The van der Waals surface area contributed by atoms with Gasteiger partial charge in [-0.2, -0.15) is 0 Å². The van der Waals surface area contributed by atoms with Crippen molar-refractivity contribution in [3.05, 3.63) is 54.4 Å². The highest BCUT2D eigenvalue weighted by molar-refractivity contribution is 5.91. The Morgan fingerprint density at radius 2 is 1.70 bits per heavy atom. The summed E-state index contributed by atoms with van der Waals surface area (Å²) in [6.07, 6.45) is 4.50. The lowest BCUT2D eigenvalue weighted by Gasteiger charge is -2.37. The standard InChI is InChI=1S/C20H23N5O2/c26-18-8-7-17(25(18)15-16-5-2-1-3-6-16)19(27)23-11-13-24(14-12-23)20-21-9-4-10-22-20/h1-6,9-10,17H,7-8,11-15H2. The Hall–Kier alpha value is -2.96. The minimum Gasteiger partial charge on any atom is -0.337 e. The molecule has 3 heterocycles. The van der Waals surface area contributed by atoms with Gasteiger partial charge in [-0.15, -0.1) is 0 Å². The first-order valence-electron chi connectivity index (χ1n) is 9.36. The number of hydrogen-bond donors (Lipinski definition) is 0. The van der Waals surface area contributed by atoms with Gasteiger partial charge in [0.25, 0.3) is 0 Å². The molecule has 2 aliphatic heterocycles. The fourth-order valence-electron chi connectivity index (χ4n) is 3.76. The van der Waals surface area contributed by atoms with Gasteiger partial charge in [0.15, 0.2) is 0 Å². The molecule has 2 aromatic rings. The topological polar surface area (TPSA) is 69.6 Å². The zero-order valence-corrected chi connectivity index (χ0v) is 15.2. The quantitative estimate of drug-likeness (QED) is 0.817. The molecule has 1 aromatic heterocycles. The highest BCUT2D eigenvalue weighted by Crippen LogP contribution is 2.24. The second-order valence-corrected chi connectivity index (χ2v) is 6.92. The molecule has 1 aromatic carbocycles. The molecule has 27 heavy (non-hydrogen) atoms. The Balaban J connectivity index is 1.39. The molecule has 0 bridgehead atoms. The summed E-state index contributed by atoms with van der Waals surface area (Å²) in [5, 5.41) is 0. The van der Waals surface area contributed by atoms with E-state index in [1.54, 1.807) is 23.4 Å². The molecular formula is C20H23N5O2. The van der Waals surface area contributed by atoms with Crippen LogP contribution in [0.3, 0.4) is 0 Å². The molecule has 0 N–H and O–H groups in total. The average Bonchev–Trinajstić information content (AvgIpc) is 3.09. The minimum absolute atomic E-state index is 0.0606. The number of nitrogens with zero attached hydrogens (tertiary/aromatic N) is 5. The van der Waals surface area contributed by atoms with E-state index >= 15 is 0 Å². The molecule has 7 nitrogen and oxygen atoms in total. The van der Waals surface area contributed by atoms with Crippen LogP contribution in [0.15, 0.2) is 48.8 Å². The lowest BCUT2D eigenvalue weighted by atomic mass is 10.1. The largest absolute Gasteiger partial charge is 0.337 e. The second-order valence-electron chi connectivity index (χ2n) is 6.92. The zero-order chi connectivity index (χ0) is 18.6. The van der Waals surface area contributed by atoms with Crippen LogP contribution in [0, 0.1) is 0 Å². The molecule has 2 fully saturated rings. The van der Waals surface area contributed by atoms with E-state index in [0.717, 1.165) is 5.56 Å². The Kier molecular flexibility index (Phi) is 5.00. The van der Waals surface area contributed by atoms with Crippen LogP contribution in [0.4, 0.5) is 5.95 Å². The van der Waals surface area contributed by atoms with E-state index in [4.69, 9.17) is 0 Å². The van der Waals surface area contributed by atoms with Crippen LogP contribution in [0.25, 0.3) is 0 Å². The fraction of sp³-hybridized carbons (Fsp3) is 0.400. The summed E-state index contributed by atoms with van der Waals surface area (Å²) in [5.41, 5.74) is 1.05. The summed E-state index contributed by atoms with van der Waals surface area (Å²) >= 11 is 0. The van der Waals surface area contributed by atoms with Crippen molar-refractivity contribution in [3.63, 3.8) is 0 Å². The van der Waals surface area contributed by atoms with Crippen molar-refractivity contribution in [3.8, 4) is 0 Å². The van der Waals surface area contributed by atoms with E-state index in [1.807, 2.05) is 35.2 Å². The highest BCUT2D eigenvalue weighted by atomic mass is 16.2. The number of piperazine rings is 1. The monoisotopic (exact) mass is 365 g/mol. The third kappa shape index (κ3) is 3.77. The molecule has 0 aliphatic carbocycles. The molecule has 0 radical (unpaired) electrons. The molecular weight excluding hydrogens is 342 g/mol. The van der Waals surface area contributed by atoms with Gasteiger partial charge in [-0.05, 0) is 18.1 Å². The van der Waals surface area contributed by atoms with Crippen LogP contribution in [0.2, 0.25) is 0 Å². The van der Waals surface area contributed by atoms with Crippen LogP contribution in [-0.2, 0) is 16.1 Å². The first-order chi connectivity index (χ1) is 13.2. The van der Waals surface area contributed by atoms with E-state index < -0.39 is 0 Å². The minimum atomic E-state index is -0.350. The predicted molar refractivity (Wildman–Crippen MR) is 101 cm³/mol. The van der Waals surface area contributed by atoms with Crippen LogP contribution in [-0.4, -0.2) is 63.8 Å². The van der Waals surface area contributed by atoms with Crippen LogP contribution >= 0.6 is 0 Å². The smallest absolute Gasteiger partial charge is 0.245 e. The Morgan fingerprint density at radius 1 is 1.00 bits per heavy atom. The molecule has 2 aliphatic rings. The lowest BCUT2D eigenvalue weighted by molar-refractivity contribution is -0.142. The number of aromatic nitrogens is 2. The molecule has 2 amide bonds.